The zero-order valence-corrected chi connectivity index (χ0v) is 9.64. The first kappa shape index (κ1) is 11.8. The van der Waals surface area contributed by atoms with Crippen LogP contribution in [-0.2, 0) is 0 Å². The molecule has 0 heterocycles. The molecule has 1 rings (SSSR count). The van der Waals surface area contributed by atoms with E-state index in [0.717, 1.165) is 0 Å². The summed E-state index contributed by atoms with van der Waals surface area (Å²) in [7, 11) is 3.05. The van der Waals surface area contributed by atoms with Gasteiger partial charge in [0, 0.05) is 19.0 Å². The highest BCUT2D eigenvalue weighted by atomic mass is 32.1. The van der Waals surface area contributed by atoms with Crippen LogP contribution in [0.1, 0.15) is 5.56 Å². The van der Waals surface area contributed by atoms with Crippen LogP contribution in [-0.4, -0.2) is 25.1 Å². The molecule has 3 nitrogen and oxygen atoms in total. The van der Waals surface area contributed by atoms with Crippen molar-refractivity contribution in [3.8, 4) is 5.75 Å². The third-order valence-corrected chi connectivity index (χ3v) is 2.29. The SMILES string of the molecule is Cc1cc(F)c(OC(=O)N(C)C)cc1S. The molecule has 0 unspecified atom stereocenters. The van der Waals surface area contributed by atoms with Crippen LogP contribution < -0.4 is 4.74 Å². The van der Waals surface area contributed by atoms with Crippen molar-refractivity contribution in [1.29, 1.82) is 0 Å². The third-order valence-electron chi connectivity index (χ3n) is 1.81. The second kappa shape index (κ2) is 4.53. The van der Waals surface area contributed by atoms with E-state index >= 15 is 0 Å². The molecule has 0 bridgehead atoms. The van der Waals surface area contributed by atoms with E-state index in [1.54, 1.807) is 6.92 Å². The molecule has 0 saturated heterocycles. The zero-order valence-electron chi connectivity index (χ0n) is 8.74. The topological polar surface area (TPSA) is 29.5 Å². The Morgan fingerprint density at radius 2 is 2.07 bits per heavy atom. The van der Waals surface area contributed by atoms with Gasteiger partial charge in [-0.25, -0.2) is 9.18 Å². The third kappa shape index (κ3) is 2.86. The average Bonchev–Trinajstić information content (AvgIpc) is 2.13. The van der Waals surface area contributed by atoms with Gasteiger partial charge in [-0.15, -0.1) is 12.6 Å². The predicted molar refractivity (Wildman–Crippen MR) is 58.1 cm³/mol. The van der Waals surface area contributed by atoms with E-state index in [-0.39, 0.29) is 5.75 Å². The number of carbonyl (C=O) groups excluding carboxylic acids is 1. The fourth-order valence-corrected chi connectivity index (χ4v) is 1.09. The number of carbonyl (C=O) groups is 1. The molecule has 0 aromatic heterocycles. The van der Waals surface area contributed by atoms with Crippen molar-refractivity contribution in [3.63, 3.8) is 0 Å². The number of ether oxygens (including phenoxy) is 1. The molecule has 0 fully saturated rings. The van der Waals surface area contributed by atoms with Gasteiger partial charge in [0.15, 0.2) is 11.6 Å². The van der Waals surface area contributed by atoms with Crippen LogP contribution in [0, 0.1) is 12.7 Å². The highest BCUT2D eigenvalue weighted by Gasteiger charge is 2.12. The fraction of sp³-hybridized carbons (Fsp3) is 0.300. The lowest BCUT2D eigenvalue weighted by molar-refractivity contribution is 0.169. The predicted octanol–water partition coefficient (Wildman–Crippen LogP) is 2.48. The molecule has 0 atom stereocenters. The summed E-state index contributed by atoms with van der Waals surface area (Å²) in [6.45, 7) is 1.73. The molecule has 0 aliphatic carbocycles. The van der Waals surface area contributed by atoms with E-state index < -0.39 is 11.9 Å². The summed E-state index contributed by atoms with van der Waals surface area (Å²) in [5, 5.41) is 0. The maximum Gasteiger partial charge on any atom is 0.414 e. The second-order valence-electron chi connectivity index (χ2n) is 3.33. The van der Waals surface area contributed by atoms with E-state index in [1.807, 2.05) is 0 Å². The lowest BCUT2D eigenvalue weighted by Crippen LogP contribution is -2.25. The number of rotatable bonds is 1. The number of hydrogen-bond acceptors (Lipinski definition) is 3. The van der Waals surface area contributed by atoms with Crippen LogP contribution in [0.2, 0.25) is 0 Å². The number of nitrogens with zero attached hydrogens (tertiary/aromatic N) is 1. The Morgan fingerprint density at radius 1 is 1.47 bits per heavy atom. The minimum atomic E-state index is -0.620. The van der Waals surface area contributed by atoms with Crippen molar-refractivity contribution >= 4 is 18.7 Å². The Hall–Kier alpha value is -1.23. The summed E-state index contributed by atoms with van der Waals surface area (Å²) in [6, 6.07) is 2.66. The summed E-state index contributed by atoms with van der Waals surface area (Å²) in [5.41, 5.74) is 0.695. The molecule has 0 aliphatic rings. The van der Waals surface area contributed by atoms with Gasteiger partial charge in [0.25, 0.3) is 0 Å². The van der Waals surface area contributed by atoms with Gasteiger partial charge < -0.3 is 9.64 Å². The van der Waals surface area contributed by atoms with E-state index in [1.165, 1.54) is 31.1 Å². The lowest BCUT2D eigenvalue weighted by atomic mass is 10.2. The van der Waals surface area contributed by atoms with Gasteiger partial charge in [-0.2, -0.15) is 0 Å². The molecule has 0 N–H and O–H groups in total. The molecular weight excluding hydrogens is 217 g/mol. The first-order valence-corrected chi connectivity index (χ1v) is 4.74. The molecule has 1 aromatic carbocycles. The van der Waals surface area contributed by atoms with Crippen molar-refractivity contribution in [3.05, 3.63) is 23.5 Å². The van der Waals surface area contributed by atoms with Crippen LogP contribution in [0.4, 0.5) is 9.18 Å². The summed E-state index contributed by atoms with van der Waals surface area (Å²) in [4.78, 5) is 13.0. The monoisotopic (exact) mass is 229 g/mol. The standard InChI is InChI=1S/C10H12FNO2S/c1-6-4-7(11)8(5-9(6)15)14-10(13)12(2)3/h4-5,15H,1-3H3. The largest absolute Gasteiger partial charge is 0.414 e. The van der Waals surface area contributed by atoms with Crippen molar-refractivity contribution in [2.75, 3.05) is 14.1 Å². The van der Waals surface area contributed by atoms with Gasteiger partial charge in [0.2, 0.25) is 0 Å². The van der Waals surface area contributed by atoms with Crippen molar-refractivity contribution < 1.29 is 13.9 Å². The Labute approximate surface area is 93.2 Å². The van der Waals surface area contributed by atoms with Gasteiger partial charge in [0.05, 0.1) is 0 Å². The molecule has 0 spiro atoms. The summed E-state index contributed by atoms with van der Waals surface area (Å²) < 4.78 is 18.1. The van der Waals surface area contributed by atoms with E-state index in [4.69, 9.17) is 4.74 Å². The molecular formula is C10H12FNO2S. The number of benzene rings is 1. The van der Waals surface area contributed by atoms with E-state index in [9.17, 15) is 9.18 Å². The molecule has 1 aromatic rings. The van der Waals surface area contributed by atoms with Crippen LogP contribution in [0.5, 0.6) is 5.75 Å². The van der Waals surface area contributed by atoms with Gasteiger partial charge in [-0.1, -0.05) is 0 Å². The smallest absolute Gasteiger partial charge is 0.407 e. The van der Waals surface area contributed by atoms with E-state index in [2.05, 4.69) is 12.6 Å². The molecule has 0 aliphatic heterocycles. The first-order chi connectivity index (χ1) is 6.91. The van der Waals surface area contributed by atoms with Crippen molar-refractivity contribution in [2.45, 2.75) is 11.8 Å². The highest BCUT2D eigenvalue weighted by molar-refractivity contribution is 7.80. The maximum absolute atomic E-state index is 13.3. The minimum absolute atomic E-state index is 0.107. The maximum atomic E-state index is 13.3. The molecule has 0 saturated carbocycles. The Balaban J connectivity index is 2.96. The average molecular weight is 229 g/mol. The number of thiol groups is 1. The lowest BCUT2D eigenvalue weighted by Gasteiger charge is -2.12. The number of amides is 1. The second-order valence-corrected chi connectivity index (χ2v) is 3.81. The molecule has 1 amide bonds. The van der Waals surface area contributed by atoms with Crippen molar-refractivity contribution in [2.24, 2.45) is 0 Å². The summed E-state index contributed by atoms with van der Waals surface area (Å²) in [6.07, 6.45) is -0.620. The summed E-state index contributed by atoms with van der Waals surface area (Å²) in [5.74, 6) is -0.676. The first-order valence-electron chi connectivity index (χ1n) is 4.30. The molecule has 0 radical (unpaired) electrons. The molecule has 5 heteroatoms. The summed E-state index contributed by atoms with van der Waals surface area (Å²) >= 11 is 4.12. The Morgan fingerprint density at radius 3 is 2.60 bits per heavy atom. The fourth-order valence-electron chi connectivity index (χ4n) is 0.906. The number of halogens is 1. The Bertz CT molecular complexity index is 393. The quantitative estimate of drug-likeness (QED) is 0.750. The van der Waals surface area contributed by atoms with E-state index in [0.29, 0.717) is 10.5 Å². The van der Waals surface area contributed by atoms with Crippen LogP contribution in [0.3, 0.4) is 0 Å². The normalized spacial score (nSPS) is 9.93. The van der Waals surface area contributed by atoms with Crippen LogP contribution >= 0.6 is 12.6 Å². The Kier molecular flexibility index (Phi) is 3.57. The zero-order chi connectivity index (χ0) is 11.6. The van der Waals surface area contributed by atoms with Crippen molar-refractivity contribution in [1.82, 2.24) is 4.90 Å². The van der Waals surface area contributed by atoms with Crippen LogP contribution in [0.25, 0.3) is 0 Å². The van der Waals surface area contributed by atoms with Gasteiger partial charge in [-0.3, -0.25) is 0 Å². The minimum Gasteiger partial charge on any atom is -0.407 e. The van der Waals surface area contributed by atoms with Gasteiger partial charge >= 0.3 is 6.09 Å². The molecule has 15 heavy (non-hydrogen) atoms. The van der Waals surface area contributed by atoms with Crippen LogP contribution in [0.15, 0.2) is 17.0 Å². The highest BCUT2D eigenvalue weighted by Crippen LogP contribution is 2.24. The number of hydrogen-bond donors (Lipinski definition) is 1. The molecule has 82 valence electrons. The van der Waals surface area contributed by atoms with Gasteiger partial charge in [0.1, 0.15) is 0 Å². The number of aryl methyl sites for hydroxylation is 1. The van der Waals surface area contributed by atoms with Gasteiger partial charge in [-0.05, 0) is 24.6 Å².